The van der Waals surface area contributed by atoms with Crippen molar-refractivity contribution in [2.24, 2.45) is 0 Å². The van der Waals surface area contributed by atoms with Crippen molar-refractivity contribution in [2.75, 3.05) is 6.61 Å². The van der Waals surface area contributed by atoms with Crippen molar-refractivity contribution in [3.63, 3.8) is 0 Å². The van der Waals surface area contributed by atoms with Gasteiger partial charge < -0.3 is 4.74 Å². The van der Waals surface area contributed by atoms with Gasteiger partial charge in [-0.2, -0.15) is 9.61 Å². The Labute approximate surface area is 143 Å². The largest absolute Gasteiger partial charge is 0.494 e. The normalized spacial score (nSPS) is 11.1. The number of nitrogens with zero attached hydrogens (tertiary/aromatic N) is 4. The van der Waals surface area contributed by atoms with Crippen LogP contribution in [0.4, 0.5) is 0 Å². The molecular formula is C18H16N4OS. The van der Waals surface area contributed by atoms with Gasteiger partial charge in [0, 0.05) is 11.1 Å². The summed E-state index contributed by atoms with van der Waals surface area (Å²) in [5.74, 6) is 1.63. The molecule has 0 N–H and O–H groups in total. The lowest BCUT2D eigenvalue weighted by atomic mass is 10.1. The minimum atomic E-state index is 0.663. The summed E-state index contributed by atoms with van der Waals surface area (Å²) in [5, 5.41) is 14.2. The molecule has 0 atom stereocenters. The number of rotatable bonds is 4. The molecule has 0 aliphatic heterocycles. The molecule has 0 amide bonds. The average Bonchev–Trinajstić information content (AvgIpc) is 3.16. The smallest absolute Gasteiger partial charge is 0.235 e. The Kier molecular flexibility index (Phi) is 3.74. The standard InChI is InChI=1S/C18H16N4OS/c1-3-23-15-9-7-13(8-10-15)17-21-22-16(19-20-18(22)24-17)14-6-4-5-12(2)11-14/h4-11H,3H2,1-2H3. The zero-order valence-electron chi connectivity index (χ0n) is 13.4. The molecule has 0 bridgehead atoms. The molecule has 4 aromatic rings. The van der Waals surface area contributed by atoms with Crippen molar-refractivity contribution in [3.05, 3.63) is 54.1 Å². The number of benzene rings is 2. The van der Waals surface area contributed by atoms with Crippen molar-refractivity contribution >= 4 is 16.3 Å². The van der Waals surface area contributed by atoms with Gasteiger partial charge in [-0.15, -0.1) is 10.2 Å². The van der Waals surface area contributed by atoms with E-state index >= 15 is 0 Å². The second-order valence-electron chi connectivity index (χ2n) is 5.45. The molecule has 0 saturated heterocycles. The molecule has 4 rings (SSSR count). The van der Waals surface area contributed by atoms with Gasteiger partial charge in [-0.25, -0.2) is 0 Å². The minimum Gasteiger partial charge on any atom is -0.494 e. The Bertz CT molecular complexity index is 988. The van der Waals surface area contributed by atoms with Crippen LogP contribution in [0.2, 0.25) is 0 Å². The number of fused-ring (bicyclic) bond motifs is 1. The van der Waals surface area contributed by atoms with Gasteiger partial charge in [-0.3, -0.25) is 0 Å². The summed E-state index contributed by atoms with van der Waals surface area (Å²) in [5.41, 5.74) is 3.25. The summed E-state index contributed by atoms with van der Waals surface area (Å²) < 4.78 is 7.29. The Morgan fingerprint density at radius 2 is 1.88 bits per heavy atom. The van der Waals surface area contributed by atoms with Crippen LogP contribution in [-0.2, 0) is 0 Å². The maximum Gasteiger partial charge on any atom is 0.235 e. The summed E-state index contributed by atoms with van der Waals surface area (Å²) in [6.45, 7) is 4.70. The number of aromatic nitrogens is 4. The van der Waals surface area contributed by atoms with E-state index in [2.05, 4.69) is 29.3 Å². The second-order valence-corrected chi connectivity index (χ2v) is 6.41. The number of aryl methyl sites for hydroxylation is 1. The highest BCUT2D eigenvalue weighted by Gasteiger charge is 2.14. The van der Waals surface area contributed by atoms with E-state index in [1.807, 2.05) is 47.8 Å². The zero-order valence-corrected chi connectivity index (χ0v) is 14.2. The molecule has 2 heterocycles. The molecule has 24 heavy (non-hydrogen) atoms. The molecule has 0 saturated carbocycles. The van der Waals surface area contributed by atoms with Crippen LogP contribution < -0.4 is 4.74 Å². The van der Waals surface area contributed by atoms with Crippen LogP contribution in [0.5, 0.6) is 5.75 Å². The first kappa shape index (κ1) is 14.8. The van der Waals surface area contributed by atoms with E-state index in [0.717, 1.165) is 32.7 Å². The topological polar surface area (TPSA) is 52.3 Å². The highest BCUT2D eigenvalue weighted by Crippen LogP contribution is 2.29. The number of hydrogen-bond acceptors (Lipinski definition) is 5. The summed E-state index contributed by atoms with van der Waals surface area (Å²) in [6, 6.07) is 16.2. The van der Waals surface area contributed by atoms with Crippen LogP contribution in [0.1, 0.15) is 12.5 Å². The van der Waals surface area contributed by atoms with E-state index < -0.39 is 0 Å². The highest BCUT2D eigenvalue weighted by atomic mass is 32.1. The fourth-order valence-electron chi connectivity index (χ4n) is 2.56. The van der Waals surface area contributed by atoms with E-state index in [-0.39, 0.29) is 0 Å². The fraction of sp³-hybridized carbons (Fsp3) is 0.167. The van der Waals surface area contributed by atoms with Crippen molar-refractivity contribution in [1.82, 2.24) is 19.8 Å². The lowest BCUT2D eigenvalue weighted by molar-refractivity contribution is 0.340. The van der Waals surface area contributed by atoms with Crippen molar-refractivity contribution < 1.29 is 4.74 Å². The molecule has 0 aliphatic carbocycles. The SMILES string of the molecule is CCOc1ccc(-c2nn3c(-c4cccc(C)c4)nnc3s2)cc1. The predicted octanol–water partition coefficient (Wildman–Crippen LogP) is 4.23. The molecule has 0 radical (unpaired) electrons. The van der Waals surface area contributed by atoms with Crippen molar-refractivity contribution in [2.45, 2.75) is 13.8 Å². The van der Waals surface area contributed by atoms with Gasteiger partial charge in [-0.1, -0.05) is 35.1 Å². The van der Waals surface area contributed by atoms with E-state index in [1.54, 1.807) is 0 Å². The van der Waals surface area contributed by atoms with Crippen LogP contribution in [0.25, 0.3) is 26.9 Å². The van der Waals surface area contributed by atoms with Crippen LogP contribution in [0, 0.1) is 6.92 Å². The van der Waals surface area contributed by atoms with Crippen molar-refractivity contribution in [3.8, 4) is 27.7 Å². The molecule has 5 nitrogen and oxygen atoms in total. The molecule has 0 unspecified atom stereocenters. The lowest BCUT2D eigenvalue weighted by Gasteiger charge is -2.02. The summed E-state index contributed by atoms with van der Waals surface area (Å²) in [4.78, 5) is 0.787. The predicted molar refractivity (Wildman–Crippen MR) is 95.4 cm³/mol. The highest BCUT2D eigenvalue weighted by molar-refractivity contribution is 7.19. The van der Waals surface area contributed by atoms with E-state index in [1.165, 1.54) is 16.9 Å². The first-order chi connectivity index (χ1) is 11.7. The molecule has 120 valence electrons. The van der Waals surface area contributed by atoms with E-state index in [0.29, 0.717) is 6.61 Å². The second kappa shape index (κ2) is 6.05. The molecule has 6 heteroatoms. The number of ether oxygens (including phenoxy) is 1. The lowest BCUT2D eigenvalue weighted by Crippen LogP contribution is -1.92. The number of hydrogen-bond donors (Lipinski definition) is 0. The third-order valence-electron chi connectivity index (χ3n) is 3.68. The van der Waals surface area contributed by atoms with Crippen molar-refractivity contribution in [1.29, 1.82) is 0 Å². The van der Waals surface area contributed by atoms with Gasteiger partial charge in [0.2, 0.25) is 4.96 Å². The van der Waals surface area contributed by atoms with Crippen LogP contribution >= 0.6 is 11.3 Å². The van der Waals surface area contributed by atoms with Crippen LogP contribution in [-0.4, -0.2) is 26.4 Å². The van der Waals surface area contributed by atoms with Gasteiger partial charge in [0.15, 0.2) is 5.82 Å². The first-order valence-corrected chi connectivity index (χ1v) is 8.59. The molecule has 0 spiro atoms. The average molecular weight is 336 g/mol. The quantitative estimate of drug-likeness (QED) is 0.560. The summed E-state index contributed by atoms with van der Waals surface area (Å²) >= 11 is 1.53. The Morgan fingerprint density at radius 3 is 2.62 bits per heavy atom. The first-order valence-electron chi connectivity index (χ1n) is 7.77. The Morgan fingerprint density at radius 1 is 1.04 bits per heavy atom. The maximum atomic E-state index is 5.48. The minimum absolute atomic E-state index is 0.663. The van der Waals surface area contributed by atoms with Gasteiger partial charge in [0.1, 0.15) is 10.8 Å². The van der Waals surface area contributed by atoms with Gasteiger partial charge in [0.05, 0.1) is 6.61 Å². The van der Waals surface area contributed by atoms with E-state index in [9.17, 15) is 0 Å². The maximum absolute atomic E-state index is 5.48. The third-order valence-corrected chi connectivity index (χ3v) is 4.63. The van der Waals surface area contributed by atoms with Gasteiger partial charge >= 0.3 is 0 Å². The van der Waals surface area contributed by atoms with Gasteiger partial charge in [0.25, 0.3) is 0 Å². The van der Waals surface area contributed by atoms with Crippen LogP contribution in [0.15, 0.2) is 48.5 Å². The third kappa shape index (κ3) is 2.65. The van der Waals surface area contributed by atoms with E-state index in [4.69, 9.17) is 9.84 Å². The molecule has 0 aliphatic rings. The van der Waals surface area contributed by atoms with Crippen LogP contribution in [0.3, 0.4) is 0 Å². The zero-order chi connectivity index (χ0) is 16.5. The fourth-order valence-corrected chi connectivity index (χ4v) is 3.40. The monoisotopic (exact) mass is 336 g/mol. The molecular weight excluding hydrogens is 320 g/mol. The van der Waals surface area contributed by atoms with Gasteiger partial charge in [-0.05, 0) is 44.2 Å². The summed E-state index contributed by atoms with van der Waals surface area (Å²) in [6.07, 6.45) is 0. The molecule has 0 fully saturated rings. The Balaban J connectivity index is 1.74. The Hall–Kier alpha value is -2.73. The molecule has 2 aromatic carbocycles. The summed E-state index contributed by atoms with van der Waals surface area (Å²) in [7, 11) is 0. The molecule has 2 aromatic heterocycles.